The van der Waals surface area contributed by atoms with Crippen LogP contribution >= 0.6 is 0 Å². The number of rotatable bonds is 11. The molecule has 0 saturated carbocycles. The molecule has 0 amide bonds. The Morgan fingerprint density at radius 2 is 1.92 bits per heavy atom. The molecule has 25 heavy (non-hydrogen) atoms. The van der Waals surface area contributed by atoms with E-state index < -0.39 is 0 Å². The van der Waals surface area contributed by atoms with Gasteiger partial charge in [0.2, 0.25) is 0 Å². The highest BCUT2D eigenvalue weighted by molar-refractivity contribution is 5.79. The normalized spacial score (nSPS) is 17.7. The summed E-state index contributed by atoms with van der Waals surface area (Å²) in [7, 11) is 3.65. The summed E-state index contributed by atoms with van der Waals surface area (Å²) in [6.45, 7) is 13.2. The van der Waals surface area contributed by atoms with E-state index in [0.717, 1.165) is 38.1 Å². The molecule has 1 fully saturated rings. The van der Waals surface area contributed by atoms with Gasteiger partial charge in [-0.15, -0.1) is 0 Å². The maximum Gasteiger partial charge on any atom is 0.191 e. The summed E-state index contributed by atoms with van der Waals surface area (Å²) in [5.41, 5.74) is 0.319. The van der Waals surface area contributed by atoms with Crippen LogP contribution in [-0.2, 0) is 4.74 Å². The molecule has 0 atom stereocenters. The maximum atomic E-state index is 5.17. The zero-order valence-corrected chi connectivity index (χ0v) is 17.4. The van der Waals surface area contributed by atoms with E-state index in [-0.39, 0.29) is 0 Å². The second kappa shape index (κ2) is 12.5. The summed E-state index contributed by atoms with van der Waals surface area (Å²) >= 11 is 0. The van der Waals surface area contributed by atoms with Crippen LogP contribution in [0.1, 0.15) is 59.3 Å². The number of guanidine groups is 1. The van der Waals surface area contributed by atoms with Gasteiger partial charge in [-0.3, -0.25) is 4.99 Å². The van der Waals surface area contributed by atoms with Crippen molar-refractivity contribution in [3.8, 4) is 0 Å². The lowest BCUT2D eigenvalue weighted by Crippen LogP contribution is -2.45. The van der Waals surface area contributed by atoms with Gasteiger partial charge in [-0.1, -0.05) is 40.0 Å². The molecular formula is C20H42N4O. The number of methoxy groups -OCH3 is 1. The molecule has 1 aliphatic rings. The van der Waals surface area contributed by atoms with Crippen LogP contribution in [0.4, 0.5) is 0 Å². The first-order valence-corrected chi connectivity index (χ1v) is 10.2. The van der Waals surface area contributed by atoms with Gasteiger partial charge in [-0.2, -0.15) is 0 Å². The Bertz CT molecular complexity index is 363. The number of hydrogen-bond acceptors (Lipinski definition) is 3. The fraction of sp³-hybridized carbons (Fsp3) is 0.950. The van der Waals surface area contributed by atoms with Crippen molar-refractivity contribution in [2.24, 2.45) is 16.3 Å². The van der Waals surface area contributed by atoms with Gasteiger partial charge in [0.1, 0.15) is 0 Å². The molecule has 1 aliphatic heterocycles. The predicted molar refractivity (Wildman–Crippen MR) is 108 cm³/mol. The molecule has 5 heteroatoms. The Balaban J connectivity index is 2.22. The van der Waals surface area contributed by atoms with Crippen LogP contribution in [0.5, 0.6) is 0 Å². The number of aliphatic imine (C=N–C) groups is 1. The maximum absolute atomic E-state index is 5.17. The summed E-state index contributed by atoms with van der Waals surface area (Å²) in [4.78, 5) is 6.90. The van der Waals surface area contributed by atoms with Gasteiger partial charge in [-0.25, -0.2) is 0 Å². The Morgan fingerprint density at radius 1 is 1.20 bits per heavy atom. The van der Waals surface area contributed by atoms with E-state index in [4.69, 9.17) is 4.74 Å². The van der Waals surface area contributed by atoms with Gasteiger partial charge < -0.3 is 20.3 Å². The lowest BCUT2D eigenvalue weighted by Gasteiger charge is -2.32. The summed E-state index contributed by atoms with van der Waals surface area (Å²) in [5, 5.41) is 7.06. The molecule has 0 spiro atoms. The van der Waals surface area contributed by atoms with E-state index in [1.165, 1.54) is 51.6 Å². The lowest BCUT2D eigenvalue weighted by atomic mass is 9.87. The van der Waals surface area contributed by atoms with E-state index in [9.17, 15) is 0 Å². The van der Waals surface area contributed by atoms with Gasteiger partial charge in [0.05, 0.1) is 6.61 Å². The molecule has 2 N–H and O–H groups in total. The minimum absolute atomic E-state index is 0.319. The number of unbranched alkanes of at least 4 members (excludes halogenated alkanes) is 2. The van der Waals surface area contributed by atoms with Gasteiger partial charge in [0, 0.05) is 33.8 Å². The van der Waals surface area contributed by atoms with Crippen molar-refractivity contribution < 1.29 is 4.74 Å². The highest BCUT2D eigenvalue weighted by atomic mass is 16.5. The van der Waals surface area contributed by atoms with Crippen molar-refractivity contribution in [3.05, 3.63) is 0 Å². The predicted octanol–water partition coefficient (Wildman–Crippen LogP) is 3.12. The van der Waals surface area contributed by atoms with Crippen molar-refractivity contribution >= 4 is 5.96 Å². The zero-order valence-electron chi connectivity index (χ0n) is 17.4. The van der Waals surface area contributed by atoms with Gasteiger partial charge >= 0.3 is 0 Å². The van der Waals surface area contributed by atoms with Crippen molar-refractivity contribution in [3.63, 3.8) is 0 Å². The Labute approximate surface area is 156 Å². The molecule has 0 aromatic carbocycles. The minimum Gasteiger partial charge on any atom is -0.383 e. The van der Waals surface area contributed by atoms with Gasteiger partial charge in [0.15, 0.2) is 5.96 Å². The molecular weight excluding hydrogens is 312 g/mol. The van der Waals surface area contributed by atoms with E-state index >= 15 is 0 Å². The van der Waals surface area contributed by atoms with Crippen LogP contribution in [0, 0.1) is 11.3 Å². The fourth-order valence-electron chi connectivity index (χ4n) is 3.36. The van der Waals surface area contributed by atoms with Crippen molar-refractivity contribution in [1.29, 1.82) is 0 Å². The molecule has 0 unspecified atom stereocenters. The first-order chi connectivity index (χ1) is 12.0. The number of hydrogen-bond donors (Lipinski definition) is 2. The molecule has 1 saturated heterocycles. The average Bonchev–Trinajstić information content (AvgIpc) is 2.61. The van der Waals surface area contributed by atoms with Gasteiger partial charge in [-0.05, 0) is 43.7 Å². The number of likely N-dealkylation sites (tertiary alicyclic amines) is 1. The first-order valence-electron chi connectivity index (χ1n) is 10.2. The lowest BCUT2D eigenvalue weighted by molar-refractivity contribution is 0.121. The first kappa shape index (κ1) is 22.2. The third kappa shape index (κ3) is 10.0. The molecule has 0 bridgehead atoms. The summed E-state index contributed by atoms with van der Waals surface area (Å²) in [5.74, 6) is 1.69. The summed E-state index contributed by atoms with van der Waals surface area (Å²) in [6.07, 6.45) is 7.73. The number of ether oxygens (including phenoxy) is 1. The SMILES string of the molecule is CCCCCC(C)(C)CNC(=NC)NCC1CCN(CCOC)CC1. The Morgan fingerprint density at radius 3 is 2.52 bits per heavy atom. The standard InChI is InChI=1S/C20H42N4O/c1-6-7-8-11-20(2,3)17-23-19(21-4)22-16-18-9-12-24(13-10-18)14-15-25-5/h18H,6-17H2,1-5H3,(H2,21,22,23). The van der Waals surface area contributed by atoms with E-state index in [1.54, 1.807) is 7.11 Å². The van der Waals surface area contributed by atoms with Crippen molar-refractivity contribution in [2.75, 3.05) is 53.5 Å². The average molecular weight is 355 g/mol. The highest BCUT2D eigenvalue weighted by Gasteiger charge is 2.20. The summed E-state index contributed by atoms with van der Waals surface area (Å²) < 4.78 is 5.17. The highest BCUT2D eigenvalue weighted by Crippen LogP contribution is 2.22. The molecule has 1 rings (SSSR count). The van der Waals surface area contributed by atoms with Crippen LogP contribution in [0.25, 0.3) is 0 Å². The second-order valence-electron chi connectivity index (χ2n) is 8.21. The van der Waals surface area contributed by atoms with E-state index in [1.807, 2.05) is 7.05 Å². The third-order valence-electron chi connectivity index (χ3n) is 5.29. The minimum atomic E-state index is 0.319. The number of nitrogens with one attached hydrogen (secondary N) is 2. The Hall–Kier alpha value is -0.810. The van der Waals surface area contributed by atoms with Crippen LogP contribution < -0.4 is 10.6 Å². The second-order valence-corrected chi connectivity index (χ2v) is 8.21. The molecule has 5 nitrogen and oxygen atoms in total. The largest absolute Gasteiger partial charge is 0.383 e. The van der Waals surface area contributed by atoms with Crippen LogP contribution in [0.15, 0.2) is 4.99 Å². The topological polar surface area (TPSA) is 48.9 Å². The van der Waals surface area contributed by atoms with Gasteiger partial charge in [0.25, 0.3) is 0 Å². The van der Waals surface area contributed by atoms with Crippen LogP contribution in [0.3, 0.4) is 0 Å². The summed E-state index contributed by atoms with van der Waals surface area (Å²) in [6, 6.07) is 0. The van der Waals surface area contributed by atoms with Crippen molar-refractivity contribution in [1.82, 2.24) is 15.5 Å². The molecule has 0 aromatic heterocycles. The van der Waals surface area contributed by atoms with Crippen LogP contribution in [-0.4, -0.2) is 64.3 Å². The fourth-order valence-corrected chi connectivity index (χ4v) is 3.36. The molecule has 0 radical (unpaired) electrons. The zero-order chi connectivity index (χ0) is 18.5. The third-order valence-corrected chi connectivity index (χ3v) is 5.29. The Kier molecular flexibility index (Phi) is 11.1. The molecule has 1 heterocycles. The van der Waals surface area contributed by atoms with E-state index in [2.05, 4.69) is 41.3 Å². The molecule has 0 aromatic rings. The van der Waals surface area contributed by atoms with Crippen LogP contribution in [0.2, 0.25) is 0 Å². The van der Waals surface area contributed by atoms with E-state index in [0.29, 0.717) is 5.41 Å². The molecule has 0 aliphatic carbocycles. The molecule has 148 valence electrons. The number of piperidine rings is 1. The smallest absolute Gasteiger partial charge is 0.191 e. The quantitative estimate of drug-likeness (QED) is 0.340. The monoisotopic (exact) mass is 354 g/mol. The number of nitrogens with zero attached hydrogens (tertiary/aromatic N) is 2. The van der Waals surface area contributed by atoms with Crippen molar-refractivity contribution in [2.45, 2.75) is 59.3 Å².